The fourth-order valence-electron chi connectivity index (χ4n) is 3.70. The summed E-state index contributed by atoms with van der Waals surface area (Å²) in [7, 11) is -3.31. The average Bonchev–Trinajstić information content (AvgIpc) is 2.38. The molecule has 0 aromatic rings. The molecule has 0 bridgehead atoms. The summed E-state index contributed by atoms with van der Waals surface area (Å²) >= 11 is 0. The second kappa shape index (κ2) is 6.73. The summed E-state index contributed by atoms with van der Waals surface area (Å²) in [4.78, 5) is 0. The van der Waals surface area contributed by atoms with Crippen LogP contribution in [0.5, 0.6) is 0 Å². The number of hydrogen-bond donors (Lipinski definition) is 1. The third-order valence-electron chi connectivity index (χ3n) is 4.53. The first-order chi connectivity index (χ1) is 9.45. The third kappa shape index (κ3) is 3.53. The molecule has 0 aliphatic carbocycles. The minimum Gasteiger partial charge on any atom is -0.330 e. The zero-order valence-corrected chi connectivity index (χ0v) is 13.6. The molecule has 6 heteroatoms. The van der Waals surface area contributed by atoms with Gasteiger partial charge in [-0.1, -0.05) is 20.3 Å². The van der Waals surface area contributed by atoms with Crippen molar-refractivity contribution in [2.45, 2.75) is 52.0 Å². The minimum atomic E-state index is -3.31. The molecule has 2 aliphatic heterocycles. The van der Waals surface area contributed by atoms with E-state index in [2.05, 4.69) is 13.8 Å². The number of rotatable bonds is 4. The molecule has 0 saturated carbocycles. The number of hydrogen-bond acceptors (Lipinski definition) is 3. The highest BCUT2D eigenvalue weighted by atomic mass is 32.2. The molecule has 2 N–H and O–H groups in total. The smallest absolute Gasteiger partial charge is 0.282 e. The van der Waals surface area contributed by atoms with E-state index in [1.165, 1.54) is 0 Å². The molecule has 0 radical (unpaired) electrons. The summed E-state index contributed by atoms with van der Waals surface area (Å²) in [5.41, 5.74) is 5.65. The van der Waals surface area contributed by atoms with E-state index in [9.17, 15) is 8.42 Å². The molecule has 2 rings (SSSR count). The molecule has 0 aromatic carbocycles. The van der Waals surface area contributed by atoms with Crippen molar-refractivity contribution in [3.63, 3.8) is 0 Å². The fraction of sp³-hybridized carbons (Fsp3) is 1.00. The van der Waals surface area contributed by atoms with Crippen LogP contribution in [-0.2, 0) is 10.2 Å². The SMILES string of the molecule is CC1CC(C)CN(S(=O)(=O)N2CCCCC2CCN)C1. The van der Waals surface area contributed by atoms with E-state index in [0.717, 1.165) is 32.1 Å². The van der Waals surface area contributed by atoms with Crippen molar-refractivity contribution in [3.05, 3.63) is 0 Å². The molecule has 118 valence electrons. The van der Waals surface area contributed by atoms with Gasteiger partial charge in [0.05, 0.1) is 0 Å². The fourth-order valence-corrected chi connectivity index (χ4v) is 5.83. The summed E-state index contributed by atoms with van der Waals surface area (Å²) in [5, 5.41) is 0. The van der Waals surface area contributed by atoms with Crippen LogP contribution in [0.25, 0.3) is 0 Å². The Balaban J connectivity index is 2.14. The monoisotopic (exact) mass is 303 g/mol. The Kier molecular flexibility index (Phi) is 5.45. The highest BCUT2D eigenvalue weighted by Crippen LogP contribution is 2.29. The van der Waals surface area contributed by atoms with Gasteiger partial charge in [-0.25, -0.2) is 0 Å². The second-order valence-electron chi connectivity index (χ2n) is 6.61. The Morgan fingerprint density at radius 3 is 2.40 bits per heavy atom. The zero-order valence-electron chi connectivity index (χ0n) is 12.8. The summed E-state index contributed by atoms with van der Waals surface area (Å²) < 4.78 is 29.3. The molecule has 2 aliphatic rings. The largest absolute Gasteiger partial charge is 0.330 e. The molecule has 0 spiro atoms. The van der Waals surface area contributed by atoms with Gasteiger partial charge in [0.15, 0.2) is 0 Å². The molecule has 5 nitrogen and oxygen atoms in total. The van der Waals surface area contributed by atoms with Crippen molar-refractivity contribution in [1.29, 1.82) is 0 Å². The number of nitrogens with zero attached hydrogens (tertiary/aromatic N) is 2. The van der Waals surface area contributed by atoms with Gasteiger partial charge in [0.2, 0.25) is 0 Å². The second-order valence-corrected chi connectivity index (χ2v) is 8.49. The first kappa shape index (κ1) is 16.2. The molecule has 20 heavy (non-hydrogen) atoms. The van der Waals surface area contributed by atoms with E-state index in [4.69, 9.17) is 5.73 Å². The lowest BCUT2D eigenvalue weighted by atomic mass is 9.94. The van der Waals surface area contributed by atoms with Crippen LogP contribution in [0.2, 0.25) is 0 Å². The van der Waals surface area contributed by atoms with E-state index in [1.807, 2.05) is 0 Å². The Morgan fingerprint density at radius 2 is 1.80 bits per heavy atom. The maximum Gasteiger partial charge on any atom is 0.282 e. The van der Waals surface area contributed by atoms with E-state index in [0.29, 0.717) is 38.0 Å². The average molecular weight is 303 g/mol. The van der Waals surface area contributed by atoms with Crippen LogP contribution >= 0.6 is 0 Å². The third-order valence-corrected chi connectivity index (χ3v) is 6.56. The van der Waals surface area contributed by atoms with Crippen molar-refractivity contribution >= 4 is 10.2 Å². The summed E-state index contributed by atoms with van der Waals surface area (Å²) in [6.45, 7) is 6.84. The molecule has 3 atom stereocenters. The normalized spacial score (nSPS) is 34.2. The molecule has 3 unspecified atom stereocenters. The van der Waals surface area contributed by atoms with Crippen molar-refractivity contribution in [2.24, 2.45) is 17.6 Å². The van der Waals surface area contributed by atoms with Gasteiger partial charge in [-0.05, 0) is 44.1 Å². The number of piperidine rings is 2. The Morgan fingerprint density at radius 1 is 1.15 bits per heavy atom. The quantitative estimate of drug-likeness (QED) is 0.854. The van der Waals surface area contributed by atoms with Gasteiger partial charge in [-0.15, -0.1) is 0 Å². The Labute approximate surface area is 123 Å². The van der Waals surface area contributed by atoms with Crippen LogP contribution in [0.3, 0.4) is 0 Å². The molecular formula is C14H29N3O2S. The summed E-state index contributed by atoms with van der Waals surface area (Å²) in [5.74, 6) is 0.901. The van der Waals surface area contributed by atoms with E-state index in [1.54, 1.807) is 8.61 Å². The summed E-state index contributed by atoms with van der Waals surface area (Å²) in [6.07, 6.45) is 4.94. The minimum absolute atomic E-state index is 0.103. The van der Waals surface area contributed by atoms with Crippen molar-refractivity contribution in [1.82, 2.24) is 8.61 Å². The standard InChI is InChI=1S/C14H29N3O2S/c1-12-9-13(2)11-16(10-12)20(18,19)17-8-4-3-5-14(17)6-7-15/h12-14H,3-11,15H2,1-2H3. The number of nitrogens with two attached hydrogens (primary N) is 1. The van der Waals surface area contributed by atoms with Crippen molar-refractivity contribution < 1.29 is 8.42 Å². The van der Waals surface area contributed by atoms with Gasteiger partial charge in [0, 0.05) is 25.7 Å². The van der Waals surface area contributed by atoms with Gasteiger partial charge in [0.25, 0.3) is 10.2 Å². The molecule has 0 amide bonds. The van der Waals surface area contributed by atoms with Crippen LogP contribution in [0.1, 0.15) is 46.0 Å². The first-order valence-corrected chi connectivity index (χ1v) is 9.31. The molecular weight excluding hydrogens is 274 g/mol. The Bertz CT molecular complexity index is 401. The lowest BCUT2D eigenvalue weighted by Crippen LogP contribution is -2.54. The molecule has 0 aromatic heterocycles. The lowest BCUT2D eigenvalue weighted by Gasteiger charge is -2.41. The van der Waals surface area contributed by atoms with Gasteiger partial charge < -0.3 is 5.73 Å². The first-order valence-electron chi connectivity index (χ1n) is 7.92. The maximum atomic E-state index is 12.9. The van der Waals surface area contributed by atoms with E-state index >= 15 is 0 Å². The highest BCUT2D eigenvalue weighted by molar-refractivity contribution is 7.86. The van der Waals surface area contributed by atoms with Crippen molar-refractivity contribution in [3.8, 4) is 0 Å². The lowest BCUT2D eigenvalue weighted by molar-refractivity contribution is 0.183. The predicted molar refractivity (Wildman–Crippen MR) is 81.5 cm³/mol. The molecule has 2 saturated heterocycles. The van der Waals surface area contributed by atoms with Crippen LogP contribution in [-0.4, -0.2) is 49.2 Å². The topological polar surface area (TPSA) is 66.6 Å². The van der Waals surface area contributed by atoms with E-state index < -0.39 is 10.2 Å². The molecule has 2 heterocycles. The van der Waals surface area contributed by atoms with Crippen LogP contribution < -0.4 is 5.73 Å². The van der Waals surface area contributed by atoms with Gasteiger partial charge in [0.1, 0.15) is 0 Å². The predicted octanol–water partition coefficient (Wildman–Crippen LogP) is 1.41. The van der Waals surface area contributed by atoms with Gasteiger partial charge in [-0.2, -0.15) is 17.0 Å². The Hall–Kier alpha value is -0.170. The maximum absolute atomic E-state index is 12.9. The van der Waals surface area contributed by atoms with Gasteiger partial charge in [-0.3, -0.25) is 0 Å². The van der Waals surface area contributed by atoms with E-state index in [-0.39, 0.29) is 6.04 Å². The van der Waals surface area contributed by atoms with Gasteiger partial charge >= 0.3 is 0 Å². The summed E-state index contributed by atoms with van der Waals surface area (Å²) in [6, 6.07) is 0.103. The van der Waals surface area contributed by atoms with Crippen LogP contribution in [0, 0.1) is 11.8 Å². The van der Waals surface area contributed by atoms with Crippen molar-refractivity contribution in [2.75, 3.05) is 26.2 Å². The zero-order chi connectivity index (χ0) is 14.8. The van der Waals surface area contributed by atoms with Crippen LogP contribution in [0.15, 0.2) is 0 Å². The highest BCUT2D eigenvalue weighted by Gasteiger charge is 2.38. The molecule has 2 fully saturated rings. The van der Waals surface area contributed by atoms with Crippen LogP contribution in [0.4, 0.5) is 0 Å².